The number of fused-ring (bicyclic) bond motifs is 1. The lowest BCUT2D eigenvalue weighted by Gasteiger charge is -2.12. The van der Waals surface area contributed by atoms with Gasteiger partial charge in [0.1, 0.15) is 18.2 Å². The summed E-state index contributed by atoms with van der Waals surface area (Å²) in [6.07, 6.45) is 1.49. The van der Waals surface area contributed by atoms with Crippen LogP contribution in [0.5, 0.6) is 5.75 Å². The molecule has 0 unspecified atom stereocenters. The topological polar surface area (TPSA) is 65.4 Å². The number of carbonyl (C=O) groups is 1. The fourth-order valence-corrected chi connectivity index (χ4v) is 3.57. The highest BCUT2D eigenvalue weighted by atomic mass is 35.5. The first-order valence-electron chi connectivity index (χ1n) is 10.1. The highest BCUT2D eigenvalue weighted by Gasteiger charge is 2.11. The molecule has 0 radical (unpaired) electrons. The maximum Gasteiger partial charge on any atom is 0.245 e. The van der Waals surface area contributed by atoms with E-state index in [9.17, 15) is 4.79 Å². The molecule has 0 saturated carbocycles. The van der Waals surface area contributed by atoms with E-state index in [1.807, 2.05) is 44.2 Å². The highest BCUT2D eigenvalue weighted by Crippen LogP contribution is 2.26. The molecule has 0 aliphatic carbocycles. The molecule has 1 N–H and O–H groups in total. The predicted octanol–water partition coefficient (Wildman–Crippen LogP) is 4.08. The van der Waals surface area contributed by atoms with E-state index in [4.69, 9.17) is 26.1 Å². The van der Waals surface area contributed by atoms with Crippen LogP contribution in [0.2, 0.25) is 5.02 Å². The Morgan fingerprint density at radius 3 is 2.67 bits per heavy atom. The van der Waals surface area contributed by atoms with Gasteiger partial charge in [-0.2, -0.15) is 0 Å². The molecule has 0 fully saturated rings. The zero-order chi connectivity index (χ0) is 21.5. The second-order valence-electron chi connectivity index (χ2n) is 7.27. The number of aryl methyl sites for hydroxylation is 3. The summed E-state index contributed by atoms with van der Waals surface area (Å²) in [6.45, 7) is 5.93. The predicted molar refractivity (Wildman–Crippen MR) is 119 cm³/mol. The number of nitrogens with zero attached hydrogens (tertiary/aromatic N) is 2. The van der Waals surface area contributed by atoms with Gasteiger partial charge in [0.05, 0.1) is 17.6 Å². The Hall–Kier alpha value is -2.57. The van der Waals surface area contributed by atoms with Gasteiger partial charge >= 0.3 is 0 Å². The van der Waals surface area contributed by atoms with E-state index < -0.39 is 0 Å². The molecular formula is C23H28ClN3O3. The van der Waals surface area contributed by atoms with Crippen molar-refractivity contribution in [3.05, 3.63) is 58.4 Å². The molecule has 2 aromatic carbocycles. The maximum atomic E-state index is 11.6. The van der Waals surface area contributed by atoms with Crippen molar-refractivity contribution in [2.45, 2.75) is 33.2 Å². The zero-order valence-corrected chi connectivity index (χ0v) is 18.5. The number of imidazole rings is 1. The van der Waals surface area contributed by atoms with Gasteiger partial charge < -0.3 is 19.4 Å². The van der Waals surface area contributed by atoms with Gasteiger partial charge in [-0.3, -0.25) is 4.79 Å². The first kappa shape index (κ1) is 22.1. The number of carbonyl (C=O) groups excluding carboxylic acids is 1. The van der Waals surface area contributed by atoms with E-state index in [1.165, 1.54) is 7.11 Å². The van der Waals surface area contributed by atoms with Crippen LogP contribution >= 0.6 is 11.6 Å². The zero-order valence-electron chi connectivity index (χ0n) is 17.7. The fourth-order valence-electron chi connectivity index (χ4n) is 3.46. The Balaban J connectivity index is 1.62. The quantitative estimate of drug-likeness (QED) is 0.493. The van der Waals surface area contributed by atoms with Gasteiger partial charge in [-0.1, -0.05) is 23.7 Å². The minimum absolute atomic E-state index is 0.0669. The Bertz CT molecular complexity index is 993. The third-order valence-corrected chi connectivity index (χ3v) is 5.48. The molecule has 1 heterocycles. The van der Waals surface area contributed by atoms with Gasteiger partial charge in [-0.05, 0) is 55.7 Å². The first-order valence-corrected chi connectivity index (χ1v) is 10.5. The summed E-state index contributed by atoms with van der Waals surface area (Å²) in [5.41, 5.74) is 4.09. The van der Waals surface area contributed by atoms with Crippen molar-refractivity contribution in [2.24, 2.45) is 0 Å². The number of hydrogen-bond acceptors (Lipinski definition) is 4. The van der Waals surface area contributed by atoms with Crippen LogP contribution in [0.25, 0.3) is 11.0 Å². The Morgan fingerprint density at radius 1 is 1.20 bits per heavy atom. The van der Waals surface area contributed by atoms with E-state index >= 15 is 0 Å². The van der Waals surface area contributed by atoms with Crippen molar-refractivity contribution in [1.29, 1.82) is 0 Å². The molecule has 3 rings (SSSR count). The number of benzene rings is 2. The normalized spacial score (nSPS) is 11.1. The lowest BCUT2D eigenvalue weighted by Crippen LogP contribution is -2.29. The summed E-state index contributed by atoms with van der Waals surface area (Å²) >= 11 is 6.23. The largest absolute Gasteiger partial charge is 0.494 e. The number of halogens is 1. The van der Waals surface area contributed by atoms with Gasteiger partial charge in [-0.25, -0.2) is 4.98 Å². The minimum Gasteiger partial charge on any atom is -0.494 e. The number of para-hydroxylation sites is 2. The van der Waals surface area contributed by atoms with E-state index in [-0.39, 0.29) is 12.5 Å². The van der Waals surface area contributed by atoms with Crippen LogP contribution in [-0.4, -0.2) is 42.3 Å². The van der Waals surface area contributed by atoms with E-state index in [2.05, 4.69) is 16.0 Å². The molecule has 6 nitrogen and oxygen atoms in total. The van der Waals surface area contributed by atoms with Gasteiger partial charge in [0.2, 0.25) is 5.91 Å². The standard InChI is InChI=1S/C23H28ClN3O3/c1-16-13-18(14-17(2)23(16)24)30-12-6-11-27-20-8-5-4-7-19(20)26-21(27)9-10-25-22(28)15-29-3/h4-5,7-8,13-14H,6,9-12,15H2,1-3H3,(H,25,28). The molecule has 1 aromatic heterocycles. The summed E-state index contributed by atoms with van der Waals surface area (Å²) < 4.78 is 13.0. The molecule has 3 aromatic rings. The van der Waals surface area contributed by atoms with Crippen molar-refractivity contribution < 1.29 is 14.3 Å². The fraction of sp³-hybridized carbons (Fsp3) is 0.391. The first-order chi connectivity index (χ1) is 14.5. The Labute approximate surface area is 182 Å². The monoisotopic (exact) mass is 429 g/mol. The maximum absolute atomic E-state index is 11.6. The van der Waals surface area contributed by atoms with Crippen molar-refractivity contribution in [1.82, 2.24) is 14.9 Å². The summed E-state index contributed by atoms with van der Waals surface area (Å²) in [6, 6.07) is 12.0. The number of ether oxygens (including phenoxy) is 2. The molecule has 0 saturated heterocycles. The average Bonchev–Trinajstić information content (AvgIpc) is 3.07. The second kappa shape index (κ2) is 10.5. The Kier molecular flexibility index (Phi) is 7.71. The van der Waals surface area contributed by atoms with Crippen LogP contribution in [0.3, 0.4) is 0 Å². The molecule has 0 aliphatic rings. The molecule has 0 atom stereocenters. The molecule has 0 spiro atoms. The summed E-state index contributed by atoms with van der Waals surface area (Å²) in [7, 11) is 1.51. The van der Waals surface area contributed by atoms with Crippen LogP contribution in [0.15, 0.2) is 36.4 Å². The molecule has 30 heavy (non-hydrogen) atoms. The van der Waals surface area contributed by atoms with E-state index in [0.717, 1.165) is 51.7 Å². The van der Waals surface area contributed by atoms with Gasteiger partial charge in [-0.15, -0.1) is 0 Å². The molecule has 1 amide bonds. The second-order valence-corrected chi connectivity index (χ2v) is 7.65. The summed E-state index contributed by atoms with van der Waals surface area (Å²) in [5.74, 6) is 1.67. The van der Waals surface area contributed by atoms with Crippen LogP contribution in [0.1, 0.15) is 23.4 Å². The van der Waals surface area contributed by atoms with Crippen molar-refractivity contribution >= 4 is 28.5 Å². The van der Waals surface area contributed by atoms with Gasteiger partial charge in [0, 0.05) is 31.6 Å². The molecule has 0 bridgehead atoms. The lowest BCUT2D eigenvalue weighted by molar-refractivity contribution is -0.124. The van der Waals surface area contributed by atoms with Crippen molar-refractivity contribution in [3.8, 4) is 5.75 Å². The smallest absolute Gasteiger partial charge is 0.245 e. The molecular weight excluding hydrogens is 402 g/mol. The number of methoxy groups -OCH3 is 1. The minimum atomic E-state index is -0.123. The van der Waals surface area contributed by atoms with Gasteiger partial charge in [0.15, 0.2) is 0 Å². The molecule has 160 valence electrons. The number of aromatic nitrogens is 2. The number of rotatable bonds is 10. The Morgan fingerprint density at radius 2 is 1.93 bits per heavy atom. The van der Waals surface area contributed by atoms with Gasteiger partial charge in [0.25, 0.3) is 0 Å². The summed E-state index contributed by atoms with van der Waals surface area (Å²) in [5, 5.41) is 3.64. The average molecular weight is 430 g/mol. The SMILES string of the molecule is COCC(=O)NCCc1nc2ccccc2n1CCCOc1cc(C)c(Cl)c(C)c1. The number of nitrogens with one attached hydrogen (secondary N) is 1. The molecule has 7 heteroatoms. The van der Waals surface area contributed by atoms with Crippen LogP contribution in [0.4, 0.5) is 0 Å². The van der Waals surface area contributed by atoms with Crippen molar-refractivity contribution in [3.63, 3.8) is 0 Å². The molecule has 0 aliphatic heterocycles. The highest BCUT2D eigenvalue weighted by molar-refractivity contribution is 6.32. The van der Waals surface area contributed by atoms with Crippen LogP contribution < -0.4 is 10.1 Å². The number of hydrogen-bond donors (Lipinski definition) is 1. The van der Waals surface area contributed by atoms with E-state index in [0.29, 0.717) is 19.6 Å². The summed E-state index contributed by atoms with van der Waals surface area (Å²) in [4.78, 5) is 16.4. The van der Waals surface area contributed by atoms with E-state index in [1.54, 1.807) is 0 Å². The lowest BCUT2D eigenvalue weighted by atomic mass is 10.1. The third-order valence-electron chi connectivity index (χ3n) is 4.88. The van der Waals surface area contributed by atoms with Crippen LogP contribution in [-0.2, 0) is 22.5 Å². The third kappa shape index (κ3) is 5.52. The van der Waals surface area contributed by atoms with Crippen LogP contribution in [0, 0.1) is 13.8 Å². The van der Waals surface area contributed by atoms with Crippen molar-refractivity contribution in [2.75, 3.05) is 26.9 Å². The number of amides is 1.